The van der Waals surface area contributed by atoms with Crippen LogP contribution in [-0.2, 0) is 0 Å². The first-order valence-electron chi connectivity index (χ1n) is 6.86. The van der Waals surface area contributed by atoms with Gasteiger partial charge in [0.25, 0.3) is 5.91 Å². The number of rotatable bonds is 2. The molecule has 1 aliphatic heterocycles. The number of hydrogen-bond acceptors (Lipinski definition) is 3. The molecule has 1 saturated heterocycles. The second-order valence-corrected chi connectivity index (χ2v) is 5.23. The first-order chi connectivity index (χ1) is 9.02. The molecule has 0 bridgehead atoms. The number of carbonyl (C=O) groups excluding carboxylic acids is 1. The highest BCUT2D eigenvalue weighted by molar-refractivity contribution is 5.94. The Morgan fingerprint density at radius 3 is 2.74 bits per heavy atom. The van der Waals surface area contributed by atoms with Gasteiger partial charge in [-0.2, -0.15) is 0 Å². The molecule has 19 heavy (non-hydrogen) atoms. The molecule has 4 nitrogen and oxygen atoms in total. The summed E-state index contributed by atoms with van der Waals surface area (Å²) >= 11 is 0. The summed E-state index contributed by atoms with van der Waals surface area (Å²) in [7, 11) is 0. The molecule has 1 heterocycles. The van der Waals surface area contributed by atoms with E-state index < -0.39 is 0 Å². The van der Waals surface area contributed by atoms with Crippen LogP contribution in [0.2, 0.25) is 0 Å². The van der Waals surface area contributed by atoms with Gasteiger partial charge in [-0.15, -0.1) is 0 Å². The highest BCUT2D eigenvalue weighted by Gasteiger charge is 2.26. The molecule has 2 rings (SSSR count). The van der Waals surface area contributed by atoms with Gasteiger partial charge in [0.2, 0.25) is 0 Å². The molecule has 0 aromatic heterocycles. The van der Waals surface area contributed by atoms with Gasteiger partial charge in [0, 0.05) is 31.2 Å². The number of aromatic hydroxyl groups is 1. The van der Waals surface area contributed by atoms with E-state index in [4.69, 9.17) is 0 Å². The van der Waals surface area contributed by atoms with Crippen LogP contribution in [0.15, 0.2) is 18.2 Å². The molecule has 1 atom stereocenters. The summed E-state index contributed by atoms with van der Waals surface area (Å²) in [5.41, 5.74) is 1.40. The van der Waals surface area contributed by atoms with Crippen molar-refractivity contribution >= 4 is 5.91 Å². The Hall–Kier alpha value is -1.55. The summed E-state index contributed by atoms with van der Waals surface area (Å²) in [4.78, 5) is 16.7. The highest BCUT2D eigenvalue weighted by Crippen LogP contribution is 2.19. The quantitative estimate of drug-likeness (QED) is 0.885. The third-order valence-electron chi connectivity index (χ3n) is 3.90. The third-order valence-corrected chi connectivity index (χ3v) is 3.90. The van der Waals surface area contributed by atoms with E-state index in [2.05, 4.69) is 18.7 Å². The molecule has 1 unspecified atom stereocenters. The van der Waals surface area contributed by atoms with Crippen LogP contribution < -0.4 is 0 Å². The number of benzene rings is 1. The number of carbonyl (C=O) groups is 1. The van der Waals surface area contributed by atoms with Crippen molar-refractivity contribution in [2.75, 3.05) is 26.2 Å². The van der Waals surface area contributed by atoms with E-state index in [9.17, 15) is 9.90 Å². The normalized spacial score (nSPS) is 20.6. The minimum atomic E-state index is 0.0608. The molecular formula is C15H22N2O2. The zero-order valence-electron chi connectivity index (χ0n) is 11.9. The number of likely N-dealkylation sites (N-methyl/N-ethyl adjacent to an activating group) is 1. The summed E-state index contributed by atoms with van der Waals surface area (Å²) in [6.07, 6.45) is 0. The van der Waals surface area contributed by atoms with Gasteiger partial charge in [0.1, 0.15) is 5.75 Å². The van der Waals surface area contributed by atoms with Gasteiger partial charge in [-0.25, -0.2) is 0 Å². The number of aryl methyl sites for hydroxylation is 1. The predicted molar refractivity (Wildman–Crippen MR) is 75.5 cm³/mol. The van der Waals surface area contributed by atoms with Crippen molar-refractivity contribution in [1.82, 2.24) is 9.80 Å². The number of piperazine rings is 1. The van der Waals surface area contributed by atoms with E-state index in [0.717, 1.165) is 31.7 Å². The smallest absolute Gasteiger partial charge is 0.253 e. The molecule has 1 amide bonds. The molecule has 0 spiro atoms. The van der Waals surface area contributed by atoms with Crippen LogP contribution in [0.25, 0.3) is 0 Å². The maximum atomic E-state index is 12.4. The van der Waals surface area contributed by atoms with Crippen molar-refractivity contribution in [3.63, 3.8) is 0 Å². The number of nitrogens with zero attached hydrogens (tertiary/aromatic N) is 2. The van der Waals surface area contributed by atoms with Gasteiger partial charge in [-0.05, 0) is 44.2 Å². The summed E-state index contributed by atoms with van der Waals surface area (Å²) in [6.45, 7) is 9.62. The Morgan fingerprint density at radius 2 is 2.16 bits per heavy atom. The third kappa shape index (κ3) is 2.89. The van der Waals surface area contributed by atoms with Crippen LogP contribution in [0.1, 0.15) is 29.8 Å². The molecule has 104 valence electrons. The van der Waals surface area contributed by atoms with Crippen molar-refractivity contribution in [3.05, 3.63) is 29.3 Å². The molecule has 1 aliphatic rings. The van der Waals surface area contributed by atoms with Gasteiger partial charge >= 0.3 is 0 Å². The van der Waals surface area contributed by atoms with Crippen LogP contribution in [-0.4, -0.2) is 53.0 Å². The maximum absolute atomic E-state index is 12.4. The molecule has 1 aromatic carbocycles. The number of amides is 1. The first-order valence-corrected chi connectivity index (χ1v) is 6.86. The summed E-state index contributed by atoms with van der Waals surface area (Å²) in [6, 6.07) is 5.45. The molecule has 1 N–H and O–H groups in total. The predicted octanol–water partition coefficient (Wildman–Crippen LogP) is 1.87. The molecule has 1 aromatic rings. The van der Waals surface area contributed by atoms with Gasteiger partial charge in [-0.1, -0.05) is 6.92 Å². The lowest BCUT2D eigenvalue weighted by Crippen LogP contribution is -2.53. The Labute approximate surface area is 114 Å². The summed E-state index contributed by atoms with van der Waals surface area (Å²) < 4.78 is 0. The van der Waals surface area contributed by atoms with Crippen LogP contribution in [0.3, 0.4) is 0 Å². The lowest BCUT2D eigenvalue weighted by molar-refractivity contribution is 0.0528. The van der Waals surface area contributed by atoms with E-state index >= 15 is 0 Å². The van der Waals surface area contributed by atoms with Gasteiger partial charge in [0.05, 0.1) is 0 Å². The fourth-order valence-corrected chi connectivity index (χ4v) is 2.62. The minimum Gasteiger partial charge on any atom is -0.508 e. The summed E-state index contributed by atoms with van der Waals surface area (Å²) in [5.74, 6) is 0.298. The summed E-state index contributed by atoms with van der Waals surface area (Å²) in [5, 5.41) is 9.51. The van der Waals surface area contributed by atoms with Crippen LogP contribution >= 0.6 is 0 Å². The Kier molecular flexibility index (Phi) is 4.10. The molecule has 0 aliphatic carbocycles. The minimum absolute atomic E-state index is 0.0608. The van der Waals surface area contributed by atoms with E-state index in [-0.39, 0.29) is 11.7 Å². The topological polar surface area (TPSA) is 43.8 Å². The zero-order valence-corrected chi connectivity index (χ0v) is 11.9. The zero-order chi connectivity index (χ0) is 14.0. The van der Waals surface area contributed by atoms with Gasteiger partial charge in [0.15, 0.2) is 0 Å². The van der Waals surface area contributed by atoms with Crippen molar-refractivity contribution in [1.29, 1.82) is 0 Å². The van der Waals surface area contributed by atoms with Crippen molar-refractivity contribution in [2.45, 2.75) is 26.8 Å². The van der Waals surface area contributed by atoms with Crippen LogP contribution in [0.4, 0.5) is 0 Å². The van der Waals surface area contributed by atoms with E-state index in [1.165, 1.54) is 0 Å². The van der Waals surface area contributed by atoms with Crippen molar-refractivity contribution < 1.29 is 9.90 Å². The molecule has 1 fully saturated rings. The average molecular weight is 262 g/mol. The molecule has 0 saturated carbocycles. The average Bonchev–Trinajstić information content (AvgIpc) is 2.41. The largest absolute Gasteiger partial charge is 0.508 e. The van der Waals surface area contributed by atoms with E-state index in [1.807, 2.05) is 11.8 Å². The Bertz CT molecular complexity index is 473. The van der Waals surface area contributed by atoms with E-state index in [1.54, 1.807) is 18.2 Å². The second-order valence-electron chi connectivity index (χ2n) is 5.23. The molecule has 4 heteroatoms. The lowest BCUT2D eigenvalue weighted by atomic mass is 10.1. The Morgan fingerprint density at radius 1 is 1.42 bits per heavy atom. The lowest BCUT2D eigenvalue weighted by Gasteiger charge is -2.39. The van der Waals surface area contributed by atoms with Crippen molar-refractivity contribution in [3.8, 4) is 5.75 Å². The SMILES string of the molecule is CCN1CCN(C(=O)c2ccc(O)c(C)c2)CC1C. The second kappa shape index (κ2) is 5.61. The van der Waals surface area contributed by atoms with Crippen LogP contribution in [0, 0.1) is 6.92 Å². The van der Waals surface area contributed by atoms with E-state index in [0.29, 0.717) is 11.6 Å². The molecule has 0 radical (unpaired) electrons. The van der Waals surface area contributed by atoms with Gasteiger partial charge < -0.3 is 10.0 Å². The number of phenolic OH excluding ortho intramolecular Hbond substituents is 1. The molecular weight excluding hydrogens is 240 g/mol. The van der Waals surface area contributed by atoms with Crippen LogP contribution in [0.5, 0.6) is 5.75 Å². The monoisotopic (exact) mass is 262 g/mol. The number of hydrogen-bond donors (Lipinski definition) is 1. The standard InChI is InChI=1S/C15H22N2O2/c1-4-16-7-8-17(10-12(16)3)15(19)13-5-6-14(18)11(2)9-13/h5-6,9,12,18H,4,7-8,10H2,1-3H3. The number of phenols is 1. The van der Waals surface area contributed by atoms with Crippen molar-refractivity contribution in [2.24, 2.45) is 0 Å². The fourth-order valence-electron chi connectivity index (χ4n) is 2.62. The maximum Gasteiger partial charge on any atom is 0.253 e. The fraction of sp³-hybridized carbons (Fsp3) is 0.533. The van der Waals surface area contributed by atoms with Gasteiger partial charge in [-0.3, -0.25) is 9.69 Å². The first kappa shape index (κ1) is 13.9. The Balaban J connectivity index is 2.10. The highest BCUT2D eigenvalue weighted by atomic mass is 16.3.